The summed E-state index contributed by atoms with van der Waals surface area (Å²) in [6, 6.07) is 3.69. The minimum atomic E-state index is 0.573. The highest BCUT2D eigenvalue weighted by molar-refractivity contribution is 9.10. The van der Waals surface area contributed by atoms with Crippen molar-refractivity contribution in [2.45, 2.75) is 0 Å². The Morgan fingerprint density at radius 3 is 3.00 bits per heavy atom. The van der Waals surface area contributed by atoms with E-state index in [2.05, 4.69) is 25.9 Å². The zero-order chi connectivity index (χ0) is 9.97. The van der Waals surface area contributed by atoms with E-state index in [1.807, 2.05) is 6.07 Å². The van der Waals surface area contributed by atoms with Gasteiger partial charge in [-0.15, -0.1) is 0 Å². The molecule has 2 heterocycles. The lowest BCUT2D eigenvalue weighted by atomic mass is 10.1. The first-order valence-electron chi connectivity index (χ1n) is 4.05. The van der Waals surface area contributed by atoms with E-state index in [9.17, 15) is 4.79 Å². The fourth-order valence-electron chi connectivity index (χ4n) is 1.24. The van der Waals surface area contributed by atoms with Crippen LogP contribution in [0.5, 0.6) is 0 Å². The molecule has 0 aliphatic carbocycles. The smallest absolute Gasteiger partial charge is 0.166 e. The second kappa shape index (κ2) is 3.75. The van der Waals surface area contributed by atoms with Gasteiger partial charge in [0.15, 0.2) is 6.29 Å². The molecule has 0 bridgehead atoms. The Hall–Kier alpha value is -1.42. The first-order chi connectivity index (χ1) is 6.81. The number of carbonyl (C=O) groups excluding carboxylic acids is 1. The molecule has 3 nitrogen and oxygen atoms in total. The monoisotopic (exact) mass is 250 g/mol. The Balaban J connectivity index is 2.49. The Labute approximate surface area is 89.3 Å². The van der Waals surface area contributed by atoms with Crippen LogP contribution in [0, 0.1) is 0 Å². The van der Waals surface area contributed by atoms with E-state index in [1.54, 1.807) is 24.7 Å². The maximum absolute atomic E-state index is 10.5. The van der Waals surface area contributed by atoms with Gasteiger partial charge in [-0.1, -0.05) is 0 Å². The molecule has 0 saturated heterocycles. The number of H-pyrrole nitrogens is 1. The Morgan fingerprint density at radius 1 is 1.50 bits per heavy atom. The number of aromatic nitrogens is 2. The number of hydrogen-bond acceptors (Lipinski definition) is 2. The molecule has 0 radical (unpaired) electrons. The maximum atomic E-state index is 10.5. The van der Waals surface area contributed by atoms with Gasteiger partial charge in [0.05, 0.1) is 5.69 Å². The predicted octanol–water partition coefficient (Wildman–Crippen LogP) is 2.65. The minimum Gasteiger partial charge on any atom is -0.358 e. The fourth-order valence-corrected chi connectivity index (χ4v) is 1.72. The number of aromatic amines is 1. The second-order valence-electron chi connectivity index (χ2n) is 2.82. The molecule has 14 heavy (non-hydrogen) atoms. The van der Waals surface area contributed by atoms with E-state index in [1.165, 1.54) is 0 Å². The van der Waals surface area contributed by atoms with Gasteiger partial charge in [0.1, 0.15) is 0 Å². The summed E-state index contributed by atoms with van der Waals surface area (Å²) in [6.07, 6.45) is 6.03. The Kier molecular flexibility index (Phi) is 2.45. The summed E-state index contributed by atoms with van der Waals surface area (Å²) in [5.41, 5.74) is 2.56. The van der Waals surface area contributed by atoms with Gasteiger partial charge in [-0.3, -0.25) is 9.78 Å². The van der Waals surface area contributed by atoms with Crippen LogP contribution in [0.15, 0.2) is 35.2 Å². The molecule has 4 heteroatoms. The number of pyridine rings is 1. The summed E-state index contributed by atoms with van der Waals surface area (Å²) in [6.45, 7) is 0. The van der Waals surface area contributed by atoms with Gasteiger partial charge in [-0.25, -0.2) is 0 Å². The summed E-state index contributed by atoms with van der Waals surface area (Å²) >= 11 is 3.40. The summed E-state index contributed by atoms with van der Waals surface area (Å²) in [5.74, 6) is 0. The van der Waals surface area contributed by atoms with Gasteiger partial charge in [-0.2, -0.15) is 0 Å². The van der Waals surface area contributed by atoms with Crippen molar-refractivity contribution in [1.29, 1.82) is 0 Å². The van der Waals surface area contributed by atoms with E-state index >= 15 is 0 Å². The van der Waals surface area contributed by atoms with Crippen LogP contribution in [-0.4, -0.2) is 16.3 Å². The quantitative estimate of drug-likeness (QED) is 0.834. The lowest BCUT2D eigenvalue weighted by molar-refractivity contribution is 0.111. The zero-order valence-electron chi connectivity index (χ0n) is 7.20. The van der Waals surface area contributed by atoms with Gasteiger partial charge < -0.3 is 4.98 Å². The minimum absolute atomic E-state index is 0.573. The van der Waals surface area contributed by atoms with Crippen molar-refractivity contribution in [3.05, 3.63) is 40.9 Å². The standard InChI is InChI=1S/C10H7BrN2O/c11-10-5-12-2-1-9(10)7-3-8(6-14)13-4-7/h1-6,13H. The van der Waals surface area contributed by atoms with Crippen LogP contribution in [-0.2, 0) is 0 Å². The lowest BCUT2D eigenvalue weighted by Gasteiger charge is -1.98. The number of halogens is 1. The second-order valence-corrected chi connectivity index (χ2v) is 3.67. The molecule has 70 valence electrons. The van der Waals surface area contributed by atoms with Crippen LogP contribution in [0.4, 0.5) is 0 Å². The van der Waals surface area contributed by atoms with E-state index in [-0.39, 0.29) is 0 Å². The molecule has 2 rings (SSSR count). The maximum Gasteiger partial charge on any atom is 0.166 e. The van der Waals surface area contributed by atoms with Crippen molar-refractivity contribution < 1.29 is 4.79 Å². The third-order valence-corrected chi connectivity index (χ3v) is 2.55. The number of carbonyl (C=O) groups is 1. The topological polar surface area (TPSA) is 45.8 Å². The zero-order valence-corrected chi connectivity index (χ0v) is 8.78. The van der Waals surface area contributed by atoms with Crippen LogP contribution in [0.3, 0.4) is 0 Å². The number of nitrogens with one attached hydrogen (secondary N) is 1. The van der Waals surface area contributed by atoms with Crippen LogP contribution in [0.1, 0.15) is 10.5 Å². The van der Waals surface area contributed by atoms with E-state index in [4.69, 9.17) is 0 Å². The molecule has 0 unspecified atom stereocenters. The first kappa shape index (κ1) is 9.15. The Morgan fingerprint density at radius 2 is 2.36 bits per heavy atom. The van der Waals surface area contributed by atoms with Crippen LogP contribution >= 0.6 is 15.9 Å². The fraction of sp³-hybridized carbons (Fsp3) is 0. The summed E-state index contributed by atoms with van der Waals surface area (Å²) in [4.78, 5) is 17.3. The van der Waals surface area contributed by atoms with E-state index in [0.717, 1.165) is 21.9 Å². The van der Waals surface area contributed by atoms with Crippen molar-refractivity contribution in [2.75, 3.05) is 0 Å². The number of aldehydes is 1. The van der Waals surface area contributed by atoms with Gasteiger partial charge in [-0.05, 0) is 28.1 Å². The van der Waals surface area contributed by atoms with E-state index < -0.39 is 0 Å². The molecule has 0 spiro atoms. The molecule has 2 aromatic rings. The highest BCUT2D eigenvalue weighted by Gasteiger charge is 2.04. The number of hydrogen-bond donors (Lipinski definition) is 1. The van der Waals surface area contributed by atoms with Gasteiger partial charge in [0.2, 0.25) is 0 Å². The van der Waals surface area contributed by atoms with Gasteiger partial charge in [0.25, 0.3) is 0 Å². The summed E-state index contributed by atoms with van der Waals surface area (Å²) in [7, 11) is 0. The molecular formula is C10H7BrN2O. The lowest BCUT2D eigenvalue weighted by Crippen LogP contribution is -1.78. The normalized spacial score (nSPS) is 10.1. The van der Waals surface area contributed by atoms with Gasteiger partial charge >= 0.3 is 0 Å². The van der Waals surface area contributed by atoms with E-state index in [0.29, 0.717) is 5.69 Å². The molecule has 0 saturated carbocycles. The van der Waals surface area contributed by atoms with Crippen molar-refractivity contribution in [2.24, 2.45) is 0 Å². The average Bonchev–Trinajstić information content (AvgIpc) is 2.67. The number of rotatable bonds is 2. The highest BCUT2D eigenvalue weighted by atomic mass is 79.9. The molecule has 0 amide bonds. The SMILES string of the molecule is O=Cc1cc(-c2ccncc2Br)c[nH]1. The summed E-state index contributed by atoms with van der Waals surface area (Å²) < 4.78 is 0.913. The molecular weight excluding hydrogens is 244 g/mol. The molecule has 0 atom stereocenters. The predicted molar refractivity (Wildman–Crippen MR) is 57.1 cm³/mol. The third kappa shape index (κ3) is 1.61. The molecule has 2 aromatic heterocycles. The van der Waals surface area contributed by atoms with Crippen molar-refractivity contribution in [1.82, 2.24) is 9.97 Å². The van der Waals surface area contributed by atoms with Crippen molar-refractivity contribution in [3.63, 3.8) is 0 Å². The molecule has 0 fully saturated rings. The third-order valence-electron chi connectivity index (χ3n) is 1.92. The largest absolute Gasteiger partial charge is 0.358 e. The molecule has 1 N–H and O–H groups in total. The number of nitrogens with zero attached hydrogens (tertiary/aromatic N) is 1. The first-order valence-corrected chi connectivity index (χ1v) is 4.84. The van der Waals surface area contributed by atoms with Crippen LogP contribution in [0.2, 0.25) is 0 Å². The molecule has 0 aliphatic rings. The van der Waals surface area contributed by atoms with Gasteiger partial charge in [0, 0.05) is 34.2 Å². The molecule has 0 aliphatic heterocycles. The summed E-state index contributed by atoms with van der Waals surface area (Å²) in [5, 5.41) is 0. The average molecular weight is 251 g/mol. The van der Waals surface area contributed by atoms with Crippen molar-refractivity contribution >= 4 is 22.2 Å². The van der Waals surface area contributed by atoms with Crippen molar-refractivity contribution in [3.8, 4) is 11.1 Å². The van der Waals surface area contributed by atoms with Crippen LogP contribution < -0.4 is 0 Å². The molecule has 0 aromatic carbocycles. The van der Waals surface area contributed by atoms with Crippen LogP contribution in [0.25, 0.3) is 11.1 Å². The highest BCUT2D eigenvalue weighted by Crippen LogP contribution is 2.27. The Bertz CT molecular complexity index is 465.